The fourth-order valence-corrected chi connectivity index (χ4v) is 2.62. The minimum Gasteiger partial charge on any atom is -0.389 e. The number of nitrogens with two attached hydrogens (primary N) is 1. The van der Waals surface area contributed by atoms with E-state index in [1.165, 1.54) is 6.42 Å². The lowest BCUT2D eigenvalue weighted by molar-refractivity contribution is 0.151. The number of hydrogen-bond acceptors (Lipinski definition) is 2. The quantitative estimate of drug-likeness (QED) is 0.870. The normalized spacial score (nSPS) is 14.9. The van der Waals surface area contributed by atoms with Crippen LogP contribution in [-0.4, -0.2) is 41.0 Å². The average molecular weight is 291 g/mol. The van der Waals surface area contributed by atoms with Gasteiger partial charge in [-0.1, -0.05) is 30.4 Å². The van der Waals surface area contributed by atoms with E-state index >= 15 is 0 Å². The van der Waals surface area contributed by atoms with Crippen LogP contribution in [0.2, 0.25) is 0 Å². The summed E-state index contributed by atoms with van der Waals surface area (Å²) in [6.45, 7) is 2.32. The first-order chi connectivity index (χ1) is 9.58. The van der Waals surface area contributed by atoms with Gasteiger partial charge in [0.1, 0.15) is 4.99 Å². The van der Waals surface area contributed by atoms with Crippen molar-refractivity contribution in [3.63, 3.8) is 0 Å². The highest BCUT2D eigenvalue weighted by Gasteiger charge is 2.19. The Kier molecular flexibility index (Phi) is 4.95. The van der Waals surface area contributed by atoms with Gasteiger partial charge in [0, 0.05) is 32.2 Å². The Morgan fingerprint density at radius 2 is 2.05 bits per heavy atom. The van der Waals surface area contributed by atoms with Crippen molar-refractivity contribution in [2.24, 2.45) is 5.73 Å². The van der Waals surface area contributed by atoms with Crippen LogP contribution in [-0.2, 0) is 6.54 Å². The van der Waals surface area contributed by atoms with Gasteiger partial charge in [-0.15, -0.1) is 0 Å². The summed E-state index contributed by atoms with van der Waals surface area (Å²) < 4.78 is 0. The van der Waals surface area contributed by atoms with Gasteiger partial charge >= 0.3 is 6.03 Å². The first-order valence-corrected chi connectivity index (χ1v) is 7.37. The number of amides is 2. The maximum Gasteiger partial charge on any atom is 0.320 e. The number of likely N-dealkylation sites (tertiary alicyclic amines) is 1. The Labute approximate surface area is 125 Å². The molecular formula is C15H21N3OS. The number of carbonyl (C=O) groups excluding carboxylic acids is 1. The lowest BCUT2D eigenvalue weighted by Crippen LogP contribution is -2.43. The highest BCUT2D eigenvalue weighted by atomic mass is 32.1. The van der Waals surface area contributed by atoms with Crippen LogP contribution in [0.5, 0.6) is 0 Å². The van der Waals surface area contributed by atoms with Crippen molar-refractivity contribution in [1.29, 1.82) is 0 Å². The van der Waals surface area contributed by atoms with E-state index in [-0.39, 0.29) is 6.03 Å². The standard InChI is InChI=1S/C15H21N3OS/c1-17(15(19)18-8-3-2-4-9-18)11-12-6-5-7-13(10-12)14(16)20/h5-7,10H,2-4,8-9,11H2,1H3,(H2,16,20). The molecule has 0 spiro atoms. The van der Waals surface area contributed by atoms with Gasteiger partial charge < -0.3 is 15.5 Å². The predicted molar refractivity (Wildman–Crippen MR) is 84.6 cm³/mol. The number of carbonyl (C=O) groups is 1. The molecule has 0 radical (unpaired) electrons. The van der Waals surface area contributed by atoms with Crippen LogP contribution >= 0.6 is 12.2 Å². The fraction of sp³-hybridized carbons (Fsp3) is 0.467. The summed E-state index contributed by atoms with van der Waals surface area (Å²) in [4.78, 5) is 16.4. The number of rotatable bonds is 3. The number of thiocarbonyl (C=S) groups is 1. The largest absolute Gasteiger partial charge is 0.389 e. The molecule has 2 rings (SSSR count). The summed E-state index contributed by atoms with van der Waals surface area (Å²) in [5, 5.41) is 0. The summed E-state index contributed by atoms with van der Waals surface area (Å²) in [5.41, 5.74) is 7.52. The van der Waals surface area contributed by atoms with Gasteiger partial charge in [0.05, 0.1) is 0 Å². The number of piperidine rings is 1. The molecule has 2 N–H and O–H groups in total. The minimum atomic E-state index is 0.102. The SMILES string of the molecule is CN(Cc1cccc(C(N)=S)c1)C(=O)N1CCCCC1. The third-order valence-corrected chi connectivity index (χ3v) is 3.82. The summed E-state index contributed by atoms with van der Waals surface area (Å²) >= 11 is 4.98. The van der Waals surface area contributed by atoms with Crippen LogP contribution in [0.25, 0.3) is 0 Å². The molecular weight excluding hydrogens is 270 g/mol. The summed E-state index contributed by atoms with van der Waals surface area (Å²) in [6, 6.07) is 7.84. The molecule has 1 aromatic rings. The molecule has 0 aliphatic carbocycles. The van der Waals surface area contributed by atoms with Crippen molar-refractivity contribution in [2.45, 2.75) is 25.8 Å². The van der Waals surface area contributed by atoms with E-state index in [0.717, 1.165) is 37.1 Å². The number of hydrogen-bond donors (Lipinski definition) is 1. The monoisotopic (exact) mass is 291 g/mol. The zero-order valence-corrected chi connectivity index (χ0v) is 12.7. The van der Waals surface area contributed by atoms with E-state index in [2.05, 4.69) is 0 Å². The van der Waals surface area contributed by atoms with Crippen LogP contribution in [0.1, 0.15) is 30.4 Å². The number of benzene rings is 1. The number of nitrogens with zero attached hydrogens (tertiary/aromatic N) is 2. The maximum absolute atomic E-state index is 12.3. The second-order valence-corrected chi connectivity index (χ2v) is 5.69. The van der Waals surface area contributed by atoms with Gasteiger partial charge in [0.2, 0.25) is 0 Å². The van der Waals surface area contributed by atoms with Crippen molar-refractivity contribution in [1.82, 2.24) is 9.80 Å². The van der Waals surface area contributed by atoms with Crippen molar-refractivity contribution >= 4 is 23.2 Å². The molecule has 1 aliphatic heterocycles. The molecule has 1 saturated heterocycles. The molecule has 0 bridgehead atoms. The van der Waals surface area contributed by atoms with Gasteiger partial charge in [-0.3, -0.25) is 0 Å². The molecule has 0 atom stereocenters. The van der Waals surface area contributed by atoms with Crippen LogP contribution < -0.4 is 5.73 Å². The van der Waals surface area contributed by atoms with E-state index in [1.54, 1.807) is 4.90 Å². The van der Waals surface area contributed by atoms with Crippen LogP contribution in [0.15, 0.2) is 24.3 Å². The molecule has 1 heterocycles. The van der Waals surface area contributed by atoms with E-state index in [1.807, 2.05) is 36.2 Å². The van der Waals surface area contributed by atoms with Crippen molar-refractivity contribution < 1.29 is 4.79 Å². The lowest BCUT2D eigenvalue weighted by Gasteiger charge is -2.31. The van der Waals surface area contributed by atoms with Gasteiger partial charge in [-0.05, 0) is 30.9 Å². The molecule has 20 heavy (non-hydrogen) atoms. The van der Waals surface area contributed by atoms with Crippen molar-refractivity contribution in [2.75, 3.05) is 20.1 Å². The lowest BCUT2D eigenvalue weighted by atomic mass is 10.1. The molecule has 4 nitrogen and oxygen atoms in total. The molecule has 0 aromatic heterocycles. The molecule has 1 aromatic carbocycles. The smallest absolute Gasteiger partial charge is 0.320 e. The Hall–Kier alpha value is -1.62. The van der Waals surface area contributed by atoms with Crippen LogP contribution in [0, 0.1) is 0 Å². The third-order valence-electron chi connectivity index (χ3n) is 3.58. The van der Waals surface area contributed by atoms with Crippen LogP contribution in [0.4, 0.5) is 4.79 Å². The van der Waals surface area contributed by atoms with E-state index in [4.69, 9.17) is 18.0 Å². The number of urea groups is 1. The highest BCUT2D eigenvalue weighted by Crippen LogP contribution is 2.13. The topological polar surface area (TPSA) is 49.6 Å². The van der Waals surface area contributed by atoms with Gasteiger partial charge in [0.25, 0.3) is 0 Å². The average Bonchev–Trinajstić information content (AvgIpc) is 2.47. The Morgan fingerprint density at radius 3 is 2.70 bits per heavy atom. The van der Waals surface area contributed by atoms with E-state index in [9.17, 15) is 4.79 Å². The molecule has 2 amide bonds. The predicted octanol–water partition coefficient (Wildman–Crippen LogP) is 2.36. The van der Waals surface area contributed by atoms with E-state index < -0.39 is 0 Å². The molecule has 5 heteroatoms. The third kappa shape index (κ3) is 3.70. The summed E-state index contributed by atoms with van der Waals surface area (Å²) in [5.74, 6) is 0. The van der Waals surface area contributed by atoms with E-state index in [0.29, 0.717) is 11.5 Å². The molecule has 0 unspecified atom stereocenters. The van der Waals surface area contributed by atoms with Crippen molar-refractivity contribution in [3.05, 3.63) is 35.4 Å². The summed E-state index contributed by atoms with van der Waals surface area (Å²) in [6.07, 6.45) is 3.44. The second-order valence-electron chi connectivity index (χ2n) is 5.25. The molecule has 0 saturated carbocycles. The van der Waals surface area contributed by atoms with Gasteiger partial charge in [0.15, 0.2) is 0 Å². The van der Waals surface area contributed by atoms with Gasteiger partial charge in [-0.25, -0.2) is 4.79 Å². The maximum atomic E-state index is 12.3. The van der Waals surface area contributed by atoms with Crippen molar-refractivity contribution in [3.8, 4) is 0 Å². The molecule has 108 valence electrons. The molecule has 1 aliphatic rings. The first-order valence-electron chi connectivity index (χ1n) is 6.96. The first kappa shape index (κ1) is 14.8. The fourth-order valence-electron chi connectivity index (χ4n) is 2.49. The highest BCUT2D eigenvalue weighted by molar-refractivity contribution is 7.80. The zero-order valence-electron chi connectivity index (χ0n) is 11.8. The van der Waals surface area contributed by atoms with Gasteiger partial charge in [-0.2, -0.15) is 0 Å². The zero-order chi connectivity index (χ0) is 14.5. The second kappa shape index (κ2) is 6.70. The Balaban J connectivity index is 1.99. The minimum absolute atomic E-state index is 0.102. The summed E-state index contributed by atoms with van der Waals surface area (Å²) in [7, 11) is 1.84. The molecule has 1 fully saturated rings. The Morgan fingerprint density at radius 1 is 1.35 bits per heavy atom. The van der Waals surface area contributed by atoms with Crippen LogP contribution in [0.3, 0.4) is 0 Å². The Bertz CT molecular complexity index is 498.